The maximum Gasteiger partial charge on any atom is 0.320 e. The van der Waals surface area contributed by atoms with E-state index in [1.165, 1.54) is 0 Å². The summed E-state index contributed by atoms with van der Waals surface area (Å²) in [5.41, 5.74) is -1.30. The first kappa shape index (κ1) is 12.3. The van der Waals surface area contributed by atoms with Crippen molar-refractivity contribution in [1.82, 2.24) is 0 Å². The summed E-state index contributed by atoms with van der Waals surface area (Å²) >= 11 is 23.6. The summed E-state index contributed by atoms with van der Waals surface area (Å²) in [7, 11) is 0. The molecule has 1 N–H and O–H groups in total. The summed E-state index contributed by atoms with van der Waals surface area (Å²) in [6.07, 6.45) is 0. The lowest BCUT2D eigenvalue weighted by Gasteiger charge is -2.12. The molecule has 0 atom stereocenters. The van der Waals surface area contributed by atoms with Crippen molar-refractivity contribution in [3.63, 3.8) is 0 Å². The van der Waals surface area contributed by atoms with Gasteiger partial charge < -0.3 is 5.11 Å². The van der Waals surface area contributed by atoms with Crippen molar-refractivity contribution in [3.05, 3.63) is 35.9 Å². The Kier molecular flexibility index (Phi) is 2.63. The molecule has 1 fully saturated rings. The lowest BCUT2D eigenvalue weighted by molar-refractivity contribution is -0.140. The van der Waals surface area contributed by atoms with Crippen LogP contribution in [0.3, 0.4) is 0 Å². The van der Waals surface area contributed by atoms with Crippen LogP contribution < -0.4 is 0 Å². The van der Waals surface area contributed by atoms with Crippen molar-refractivity contribution < 1.29 is 9.90 Å². The number of hydrogen-bond donors (Lipinski definition) is 1. The van der Waals surface area contributed by atoms with Crippen molar-refractivity contribution in [2.24, 2.45) is 0 Å². The van der Waals surface area contributed by atoms with Gasteiger partial charge >= 0.3 is 5.97 Å². The average molecular weight is 300 g/mol. The topological polar surface area (TPSA) is 37.3 Å². The Balaban J connectivity index is 2.63. The molecule has 1 aliphatic rings. The molecule has 0 bridgehead atoms. The third kappa shape index (κ3) is 1.14. The van der Waals surface area contributed by atoms with Crippen molar-refractivity contribution >= 4 is 52.4 Å². The zero-order valence-corrected chi connectivity index (χ0v) is 10.8. The Morgan fingerprint density at radius 2 is 1.44 bits per heavy atom. The van der Waals surface area contributed by atoms with Gasteiger partial charge in [0, 0.05) is 0 Å². The summed E-state index contributed by atoms with van der Waals surface area (Å²) in [4.78, 5) is 11.4. The number of carboxylic acid groups (broad SMARTS) is 1. The van der Waals surface area contributed by atoms with Crippen molar-refractivity contribution in [3.8, 4) is 0 Å². The molecule has 0 amide bonds. The van der Waals surface area contributed by atoms with E-state index in [2.05, 4.69) is 0 Å². The Hall–Kier alpha value is -0.150. The van der Waals surface area contributed by atoms with E-state index in [0.29, 0.717) is 5.56 Å². The number of rotatable bonds is 2. The fourth-order valence-electron chi connectivity index (χ4n) is 1.86. The van der Waals surface area contributed by atoms with E-state index >= 15 is 0 Å². The molecule has 1 aliphatic carbocycles. The van der Waals surface area contributed by atoms with Crippen LogP contribution in [-0.2, 0) is 10.2 Å². The molecule has 0 aliphatic heterocycles. The predicted octanol–water partition coefficient (Wildman–Crippen LogP) is 3.37. The molecule has 6 heteroatoms. The van der Waals surface area contributed by atoms with E-state index < -0.39 is 20.1 Å². The highest BCUT2D eigenvalue weighted by molar-refractivity contribution is 6.72. The zero-order chi connectivity index (χ0) is 12.2. The molecule has 0 unspecified atom stereocenters. The van der Waals surface area contributed by atoms with Gasteiger partial charge in [-0.15, -0.1) is 0 Å². The highest BCUT2D eigenvalue weighted by Crippen LogP contribution is 2.77. The minimum Gasteiger partial charge on any atom is -0.480 e. The van der Waals surface area contributed by atoms with E-state index in [0.717, 1.165) is 0 Å². The summed E-state index contributed by atoms with van der Waals surface area (Å²) in [5.74, 6) is -1.24. The number of halogens is 4. The molecule has 1 aromatic rings. The van der Waals surface area contributed by atoms with Crippen molar-refractivity contribution in [1.29, 1.82) is 0 Å². The summed E-state index contributed by atoms with van der Waals surface area (Å²) in [5, 5.41) is 9.29. The minimum atomic E-state index is -1.74. The van der Waals surface area contributed by atoms with Crippen molar-refractivity contribution in [2.75, 3.05) is 0 Å². The lowest BCUT2D eigenvalue weighted by Crippen LogP contribution is -2.28. The highest BCUT2D eigenvalue weighted by atomic mass is 35.5. The van der Waals surface area contributed by atoms with Gasteiger partial charge in [-0.25, -0.2) is 0 Å². The quantitative estimate of drug-likeness (QED) is 0.850. The average Bonchev–Trinajstić information content (AvgIpc) is 2.55. The Morgan fingerprint density at radius 1 is 1.00 bits per heavy atom. The van der Waals surface area contributed by atoms with Gasteiger partial charge in [-0.1, -0.05) is 76.7 Å². The number of carboxylic acids is 1. The number of hydrogen-bond acceptors (Lipinski definition) is 1. The van der Waals surface area contributed by atoms with Gasteiger partial charge in [0.15, 0.2) is 14.1 Å². The smallest absolute Gasteiger partial charge is 0.320 e. The monoisotopic (exact) mass is 298 g/mol. The zero-order valence-electron chi connectivity index (χ0n) is 7.75. The van der Waals surface area contributed by atoms with E-state index in [-0.39, 0.29) is 0 Å². The SMILES string of the molecule is O=C(O)C1(c2ccccc2)C(Cl)(Cl)C1(Cl)Cl. The second-order valence-electron chi connectivity index (χ2n) is 3.57. The molecular weight excluding hydrogens is 294 g/mol. The molecule has 2 nitrogen and oxygen atoms in total. The molecule has 0 radical (unpaired) electrons. The summed E-state index contributed by atoms with van der Waals surface area (Å²) < 4.78 is -3.48. The number of aliphatic carboxylic acids is 1. The largest absolute Gasteiger partial charge is 0.480 e. The van der Waals surface area contributed by atoms with E-state index in [9.17, 15) is 9.90 Å². The van der Waals surface area contributed by atoms with Gasteiger partial charge in [0.2, 0.25) is 0 Å². The maximum absolute atomic E-state index is 11.4. The first-order valence-electron chi connectivity index (χ1n) is 4.34. The van der Waals surface area contributed by atoms with Gasteiger partial charge in [0.1, 0.15) is 0 Å². The predicted molar refractivity (Wildman–Crippen MR) is 64.6 cm³/mol. The Labute approximate surface area is 112 Å². The molecule has 2 rings (SSSR count). The first-order chi connectivity index (χ1) is 7.30. The van der Waals surface area contributed by atoms with Gasteiger partial charge in [0.05, 0.1) is 0 Å². The molecule has 1 aromatic carbocycles. The lowest BCUT2D eigenvalue weighted by atomic mass is 9.96. The van der Waals surface area contributed by atoms with Crippen LogP contribution in [0.1, 0.15) is 5.56 Å². The number of benzene rings is 1. The van der Waals surface area contributed by atoms with Crippen LogP contribution in [-0.4, -0.2) is 19.7 Å². The number of alkyl halides is 4. The van der Waals surface area contributed by atoms with E-state index in [1.54, 1.807) is 30.3 Å². The van der Waals surface area contributed by atoms with Gasteiger partial charge in [-0.2, -0.15) is 0 Å². The molecule has 86 valence electrons. The molecule has 0 spiro atoms. The van der Waals surface area contributed by atoms with Gasteiger partial charge in [-0.3, -0.25) is 4.79 Å². The van der Waals surface area contributed by atoms with Crippen LogP contribution in [0.25, 0.3) is 0 Å². The Morgan fingerprint density at radius 3 is 1.75 bits per heavy atom. The third-order valence-corrected chi connectivity index (χ3v) is 5.46. The molecule has 0 aromatic heterocycles. The van der Waals surface area contributed by atoms with E-state index in [1.807, 2.05) is 0 Å². The standard InChI is InChI=1S/C10H6Cl4O2/c11-9(12)8(7(15)16,10(9,13)14)6-4-2-1-3-5-6/h1-5H,(H,15,16). The third-order valence-electron chi connectivity index (χ3n) is 2.80. The Bertz CT molecular complexity index is 427. The van der Waals surface area contributed by atoms with Gasteiger partial charge in [-0.05, 0) is 5.56 Å². The number of carbonyl (C=O) groups is 1. The fourth-order valence-corrected chi connectivity index (χ4v) is 3.76. The maximum atomic E-state index is 11.4. The fraction of sp³-hybridized carbons (Fsp3) is 0.300. The van der Waals surface area contributed by atoms with Crippen molar-refractivity contribution in [2.45, 2.75) is 14.1 Å². The van der Waals surface area contributed by atoms with Crippen LogP contribution in [0.5, 0.6) is 0 Å². The highest BCUT2D eigenvalue weighted by Gasteiger charge is 2.92. The second-order valence-corrected chi connectivity index (χ2v) is 6.22. The molecule has 1 saturated carbocycles. The van der Waals surface area contributed by atoms with Crippen LogP contribution in [0.2, 0.25) is 0 Å². The first-order valence-corrected chi connectivity index (χ1v) is 5.86. The summed E-state index contributed by atoms with van der Waals surface area (Å²) in [6.45, 7) is 0. The van der Waals surface area contributed by atoms with Crippen LogP contribution in [0.4, 0.5) is 0 Å². The normalized spacial score (nSPS) is 23.8. The summed E-state index contributed by atoms with van der Waals surface area (Å²) in [6, 6.07) is 8.26. The van der Waals surface area contributed by atoms with Crippen LogP contribution >= 0.6 is 46.4 Å². The van der Waals surface area contributed by atoms with Crippen LogP contribution in [0, 0.1) is 0 Å². The van der Waals surface area contributed by atoms with E-state index in [4.69, 9.17) is 46.4 Å². The molecule has 16 heavy (non-hydrogen) atoms. The van der Waals surface area contributed by atoms with Gasteiger partial charge in [0.25, 0.3) is 0 Å². The molecule has 0 heterocycles. The van der Waals surface area contributed by atoms with Crippen LogP contribution in [0.15, 0.2) is 30.3 Å². The minimum absolute atomic E-state index is 0.387. The second kappa shape index (κ2) is 3.42. The molecule has 0 saturated heterocycles. The molecular formula is C10H6Cl4O2.